The van der Waals surface area contributed by atoms with Crippen LogP contribution >= 0.6 is 0 Å². The molecule has 2 aromatic carbocycles. The average Bonchev–Trinajstić information content (AvgIpc) is 3.61. The Morgan fingerprint density at radius 3 is 2.74 bits per heavy atom. The van der Waals surface area contributed by atoms with E-state index in [0.717, 1.165) is 40.7 Å². The van der Waals surface area contributed by atoms with Gasteiger partial charge in [-0.05, 0) is 38.0 Å². The van der Waals surface area contributed by atoms with Gasteiger partial charge in [0.2, 0.25) is 5.91 Å². The number of methoxy groups -OCH3 is 1. The van der Waals surface area contributed by atoms with Gasteiger partial charge in [0.05, 0.1) is 32.3 Å². The first-order valence-electron chi connectivity index (χ1n) is 13.4. The van der Waals surface area contributed by atoms with E-state index in [1.165, 1.54) is 0 Å². The summed E-state index contributed by atoms with van der Waals surface area (Å²) in [4.78, 5) is 39.1. The number of benzene rings is 2. The van der Waals surface area contributed by atoms with Crippen molar-refractivity contribution in [2.75, 3.05) is 33.4 Å². The predicted octanol–water partition coefficient (Wildman–Crippen LogP) is 3.89. The summed E-state index contributed by atoms with van der Waals surface area (Å²) in [7, 11) is 1.63. The van der Waals surface area contributed by atoms with Crippen LogP contribution in [0, 0.1) is 0 Å². The van der Waals surface area contributed by atoms with Gasteiger partial charge in [-0.1, -0.05) is 30.3 Å². The second-order valence-corrected chi connectivity index (χ2v) is 10.3. The first-order chi connectivity index (χ1) is 19.0. The van der Waals surface area contributed by atoms with Gasteiger partial charge < -0.3 is 28.8 Å². The van der Waals surface area contributed by atoms with E-state index < -0.39 is 5.54 Å². The Hall–Kier alpha value is -4.27. The third-order valence-electron chi connectivity index (χ3n) is 8.11. The van der Waals surface area contributed by atoms with Crippen LogP contribution < -0.4 is 9.47 Å². The fourth-order valence-electron chi connectivity index (χ4n) is 6.27. The summed E-state index contributed by atoms with van der Waals surface area (Å²) in [6.07, 6.45) is 6.14. The monoisotopic (exact) mass is 527 g/mol. The Balaban J connectivity index is 1.45. The molecule has 0 aliphatic carbocycles. The van der Waals surface area contributed by atoms with Crippen LogP contribution in [0.4, 0.5) is 0 Å². The molecular weight excluding hydrogens is 494 g/mol. The molecule has 2 aliphatic heterocycles. The standard InChI is InChI=1S/C30H33N5O4/c1-4-39-27-20(10-7-12-24(27)38-3)22-17-35-25(36)18-34(15-8-14-33-16-13-31-19-33)29(37)30(35,2)28-26(22)21-9-5-6-11-23(21)32-28/h5-7,9-13,16,19,22,32H,4,8,14-15,17-18H2,1-3H3. The number of aromatic amines is 1. The van der Waals surface area contributed by atoms with Gasteiger partial charge in [0, 0.05) is 54.4 Å². The van der Waals surface area contributed by atoms with Gasteiger partial charge in [0.25, 0.3) is 5.91 Å². The molecule has 2 unspecified atom stereocenters. The number of piperazine rings is 1. The van der Waals surface area contributed by atoms with Crippen LogP contribution in [0.2, 0.25) is 0 Å². The summed E-state index contributed by atoms with van der Waals surface area (Å²) < 4.78 is 13.7. The number of aryl methyl sites for hydroxylation is 1. The first-order valence-corrected chi connectivity index (χ1v) is 13.4. The lowest BCUT2D eigenvalue weighted by molar-refractivity contribution is -0.166. The average molecular weight is 528 g/mol. The Bertz CT molecular complexity index is 1530. The summed E-state index contributed by atoms with van der Waals surface area (Å²) >= 11 is 0. The molecule has 9 heteroatoms. The number of hydrogen-bond acceptors (Lipinski definition) is 5. The van der Waals surface area contributed by atoms with E-state index >= 15 is 0 Å². The van der Waals surface area contributed by atoms with Crippen molar-refractivity contribution < 1.29 is 19.1 Å². The number of carbonyl (C=O) groups excluding carboxylic acids is 2. The molecule has 2 aliphatic rings. The number of para-hydroxylation sites is 2. The Kier molecular flexibility index (Phi) is 6.29. The van der Waals surface area contributed by atoms with Gasteiger partial charge in [-0.3, -0.25) is 9.59 Å². The Morgan fingerprint density at radius 2 is 1.97 bits per heavy atom. The van der Waals surface area contributed by atoms with Crippen LogP contribution in [0.1, 0.15) is 43.0 Å². The second kappa shape index (κ2) is 9.80. The molecule has 6 rings (SSSR count). The largest absolute Gasteiger partial charge is 0.493 e. The van der Waals surface area contributed by atoms with Crippen LogP contribution in [0.5, 0.6) is 11.5 Å². The molecule has 1 saturated heterocycles. The molecule has 2 atom stereocenters. The lowest BCUT2D eigenvalue weighted by Gasteiger charge is -2.51. The van der Waals surface area contributed by atoms with Gasteiger partial charge in [-0.2, -0.15) is 0 Å². The highest BCUT2D eigenvalue weighted by atomic mass is 16.5. The lowest BCUT2D eigenvalue weighted by Crippen LogP contribution is -2.67. The maximum Gasteiger partial charge on any atom is 0.254 e. The zero-order valence-corrected chi connectivity index (χ0v) is 22.5. The van der Waals surface area contributed by atoms with E-state index in [9.17, 15) is 9.59 Å². The van der Waals surface area contributed by atoms with Crippen molar-refractivity contribution >= 4 is 22.7 Å². The van der Waals surface area contributed by atoms with Gasteiger partial charge in [-0.25, -0.2) is 4.98 Å². The Labute approximate surface area is 227 Å². The molecule has 9 nitrogen and oxygen atoms in total. The number of ether oxygens (including phenoxy) is 2. The molecule has 0 radical (unpaired) electrons. The molecule has 4 aromatic rings. The van der Waals surface area contributed by atoms with Gasteiger partial charge in [0.1, 0.15) is 0 Å². The van der Waals surface area contributed by atoms with Crippen molar-refractivity contribution in [1.29, 1.82) is 0 Å². The van der Waals surface area contributed by atoms with E-state index in [-0.39, 0.29) is 24.3 Å². The van der Waals surface area contributed by atoms with Gasteiger partial charge in [-0.15, -0.1) is 0 Å². The molecular formula is C30H33N5O4. The van der Waals surface area contributed by atoms with Crippen molar-refractivity contribution in [2.45, 2.75) is 38.3 Å². The number of hydrogen-bond donors (Lipinski definition) is 1. The quantitative estimate of drug-likeness (QED) is 0.375. The second-order valence-electron chi connectivity index (χ2n) is 10.3. The van der Waals surface area contributed by atoms with E-state index in [1.807, 2.05) is 61.0 Å². The maximum atomic E-state index is 14.2. The van der Waals surface area contributed by atoms with E-state index in [0.29, 0.717) is 31.2 Å². The Morgan fingerprint density at radius 1 is 1.13 bits per heavy atom. The third kappa shape index (κ3) is 3.95. The highest BCUT2D eigenvalue weighted by Gasteiger charge is 2.56. The fourth-order valence-corrected chi connectivity index (χ4v) is 6.27. The van der Waals surface area contributed by atoms with Gasteiger partial charge >= 0.3 is 0 Å². The van der Waals surface area contributed by atoms with Crippen LogP contribution in [0.3, 0.4) is 0 Å². The minimum Gasteiger partial charge on any atom is -0.493 e. The molecule has 202 valence electrons. The molecule has 2 amide bonds. The maximum absolute atomic E-state index is 14.2. The summed E-state index contributed by atoms with van der Waals surface area (Å²) in [5.74, 6) is 0.994. The number of rotatable bonds is 8. The number of amides is 2. The molecule has 1 fully saturated rings. The molecule has 2 aromatic heterocycles. The van der Waals surface area contributed by atoms with E-state index in [4.69, 9.17) is 9.47 Å². The fraction of sp³-hybridized carbons (Fsp3) is 0.367. The van der Waals surface area contributed by atoms with Crippen LogP contribution in [-0.4, -0.2) is 69.5 Å². The molecule has 4 heterocycles. The summed E-state index contributed by atoms with van der Waals surface area (Å²) in [5, 5.41) is 1.04. The zero-order valence-electron chi connectivity index (χ0n) is 22.5. The van der Waals surface area contributed by atoms with Crippen LogP contribution in [0.25, 0.3) is 10.9 Å². The topological polar surface area (TPSA) is 92.7 Å². The van der Waals surface area contributed by atoms with Crippen molar-refractivity contribution in [3.8, 4) is 11.5 Å². The lowest BCUT2D eigenvalue weighted by atomic mass is 9.76. The normalized spacial score (nSPS) is 20.7. The first kappa shape index (κ1) is 25.0. The number of nitrogens with zero attached hydrogens (tertiary/aromatic N) is 4. The van der Waals surface area contributed by atoms with Crippen molar-refractivity contribution in [1.82, 2.24) is 24.3 Å². The highest BCUT2D eigenvalue weighted by Crippen LogP contribution is 2.50. The molecule has 39 heavy (non-hydrogen) atoms. The van der Waals surface area contributed by atoms with Crippen molar-refractivity contribution in [3.63, 3.8) is 0 Å². The van der Waals surface area contributed by atoms with E-state index in [2.05, 4.69) is 16.0 Å². The summed E-state index contributed by atoms with van der Waals surface area (Å²) in [6, 6.07) is 13.9. The van der Waals surface area contributed by atoms with Crippen molar-refractivity contribution in [2.24, 2.45) is 0 Å². The molecule has 0 spiro atoms. The molecule has 1 N–H and O–H groups in total. The number of carbonyl (C=O) groups is 2. The number of nitrogens with one attached hydrogen (secondary N) is 1. The minimum absolute atomic E-state index is 0.0603. The molecule has 0 saturated carbocycles. The van der Waals surface area contributed by atoms with Crippen LogP contribution in [-0.2, 0) is 21.7 Å². The highest BCUT2D eigenvalue weighted by molar-refractivity contribution is 6.01. The zero-order chi connectivity index (χ0) is 27.1. The number of aromatic nitrogens is 3. The minimum atomic E-state index is -1.14. The predicted molar refractivity (Wildman–Crippen MR) is 147 cm³/mol. The number of fused-ring (bicyclic) bond motifs is 5. The molecule has 0 bridgehead atoms. The van der Waals surface area contributed by atoms with Gasteiger partial charge in [0.15, 0.2) is 17.0 Å². The van der Waals surface area contributed by atoms with Crippen molar-refractivity contribution in [3.05, 3.63) is 78.0 Å². The smallest absolute Gasteiger partial charge is 0.254 e. The summed E-state index contributed by atoms with van der Waals surface area (Å²) in [6.45, 7) is 5.97. The SMILES string of the molecule is CCOc1c(OC)cccc1C1CN2C(=O)CN(CCCn3ccnc3)C(=O)C2(C)c2[nH]c3ccccc3c21. The van der Waals surface area contributed by atoms with Crippen LogP contribution in [0.15, 0.2) is 61.2 Å². The summed E-state index contributed by atoms with van der Waals surface area (Å²) in [5.41, 5.74) is 2.53. The third-order valence-corrected chi connectivity index (χ3v) is 8.11. The van der Waals surface area contributed by atoms with E-state index in [1.54, 1.807) is 29.4 Å². The number of H-pyrrole nitrogens is 1. The number of imidazole rings is 1.